The fourth-order valence-corrected chi connectivity index (χ4v) is 3.73. The molecule has 0 saturated carbocycles. The van der Waals surface area contributed by atoms with Crippen LogP contribution in [0.5, 0.6) is 11.5 Å². The Morgan fingerprint density at radius 2 is 0.812 bits per heavy atom. The van der Waals surface area contributed by atoms with Crippen LogP contribution in [0.4, 0.5) is 4.79 Å². The van der Waals surface area contributed by atoms with Crippen LogP contribution in [0.3, 0.4) is 0 Å². The molecule has 32 heavy (non-hydrogen) atoms. The van der Waals surface area contributed by atoms with Gasteiger partial charge in [-0.05, 0) is 46.5 Å². The van der Waals surface area contributed by atoms with Crippen LogP contribution >= 0.6 is 0 Å². The van der Waals surface area contributed by atoms with E-state index in [4.69, 9.17) is 9.47 Å². The zero-order chi connectivity index (χ0) is 22.3. The van der Waals surface area contributed by atoms with Gasteiger partial charge in [0.1, 0.15) is 11.5 Å². The van der Waals surface area contributed by atoms with Gasteiger partial charge in [0.15, 0.2) is 0 Å². The first-order chi connectivity index (χ1) is 15.6. The molecular formula is C29H26O3. The molecule has 0 radical (unpaired) electrons. The van der Waals surface area contributed by atoms with Gasteiger partial charge in [0, 0.05) is 11.8 Å². The zero-order valence-corrected chi connectivity index (χ0v) is 18.3. The number of ether oxygens (including phenoxy) is 2. The average Bonchev–Trinajstić information content (AvgIpc) is 2.85. The summed E-state index contributed by atoms with van der Waals surface area (Å²) in [5.41, 5.74) is 4.79. The molecule has 0 heterocycles. The van der Waals surface area contributed by atoms with Crippen LogP contribution in [0.25, 0.3) is 0 Å². The Morgan fingerprint density at radius 3 is 1.16 bits per heavy atom. The molecule has 0 aliphatic carbocycles. The predicted octanol–water partition coefficient (Wildman–Crippen LogP) is 7.57. The lowest BCUT2D eigenvalue weighted by Gasteiger charge is -2.14. The van der Waals surface area contributed by atoms with Crippen molar-refractivity contribution in [1.82, 2.24) is 0 Å². The molecule has 0 saturated heterocycles. The molecule has 2 atom stereocenters. The van der Waals surface area contributed by atoms with Crippen LogP contribution in [-0.4, -0.2) is 6.16 Å². The molecule has 0 amide bonds. The summed E-state index contributed by atoms with van der Waals surface area (Å²) in [5.74, 6) is 1.42. The van der Waals surface area contributed by atoms with E-state index in [9.17, 15) is 4.79 Å². The fourth-order valence-electron chi connectivity index (χ4n) is 3.73. The van der Waals surface area contributed by atoms with Crippen molar-refractivity contribution in [3.05, 3.63) is 131 Å². The third kappa shape index (κ3) is 5.25. The third-order valence-corrected chi connectivity index (χ3v) is 5.76. The molecule has 0 N–H and O–H groups in total. The molecule has 0 unspecified atom stereocenters. The Balaban J connectivity index is 1.34. The van der Waals surface area contributed by atoms with E-state index in [0.717, 1.165) is 11.1 Å². The van der Waals surface area contributed by atoms with Crippen molar-refractivity contribution in [3.8, 4) is 11.5 Å². The van der Waals surface area contributed by atoms with Crippen molar-refractivity contribution in [2.24, 2.45) is 0 Å². The lowest BCUT2D eigenvalue weighted by atomic mass is 9.93. The predicted molar refractivity (Wildman–Crippen MR) is 127 cm³/mol. The second-order valence-corrected chi connectivity index (χ2v) is 7.86. The maximum absolute atomic E-state index is 12.2. The van der Waals surface area contributed by atoms with Gasteiger partial charge in [0.2, 0.25) is 0 Å². The lowest BCUT2D eigenvalue weighted by Crippen LogP contribution is -2.13. The smallest absolute Gasteiger partial charge is 0.395 e. The van der Waals surface area contributed by atoms with Crippen molar-refractivity contribution in [3.63, 3.8) is 0 Å². The van der Waals surface area contributed by atoms with E-state index >= 15 is 0 Å². The average molecular weight is 423 g/mol. The summed E-state index contributed by atoms with van der Waals surface area (Å²) >= 11 is 0. The monoisotopic (exact) mass is 422 g/mol. The minimum absolute atomic E-state index is 0.258. The number of rotatable bonds is 6. The topological polar surface area (TPSA) is 35.5 Å². The molecule has 0 fully saturated rings. The maximum atomic E-state index is 12.2. The molecule has 3 nitrogen and oxygen atoms in total. The minimum atomic E-state index is -0.752. The Labute approximate surface area is 189 Å². The molecule has 4 aromatic rings. The van der Waals surface area contributed by atoms with Gasteiger partial charge in [-0.15, -0.1) is 0 Å². The highest BCUT2D eigenvalue weighted by molar-refractivity contribution is 5.67. The molecule has 0 aliphatic heterocycles. The van der Waals surface area contributed by atoms with Crippen LogP contribution in [0, 0.1) is 0 Å². The van der Waals surface area contributed by atoms with Crippen LogP contribution in [0.1, 0.15) is 47.9 Å². The molecule has 4 aromatic carbocycles. The van der Waals surface area contributed by atoms with Gasteiger partial charge in [-0.1, -0.05) is 98.8 Å². The van der Waals surface area contributed by atoms with Crippen LogP contribution in [0.15, 0.2) is 109 Å². The Bertz CT molecular complexity index is 1040. The van der Waals surface area contributed by atoms with Gasteiger partial charge in [-0.2, -0.15) is 0 Å². The van der Waals surface area contributed by atoms with E-state index < -0.39 is 6.16 Å². The molecule has 0 aromatic heterocycles. The first-order valence-corrected chi connectivity index (χ1v) is 10.8. The third-order valence-electron chi connectivity index (χ3n) is 5.76. The van der Waals surface area contributed by atoms with Gasteiger partial charge in [-0.25, -0.2) is 4.79 Å². The van der Waals surface area contributed by atoms with E-state index in [0.29, 0.717) is 11.5 Å². The van der Waals surface area contributed by atoms with Gasteiger partial charge in [0.25, 0.3) is 0 Å². The SMILES string of the molecule is C[C@@H](c1ccccc1)c1ccc(OC(=O)Oc2ccc([C@@H](C)c3ccccc3)cc2)cc1. The normalized spacial score (nSPS) is 12.6. The summed E-state index contributed by atoms with van der Waals surface area (Å²) < 4.78 is 10.7. The van der Waals surface area contributed by atoms with E-state index in [1.54, 1.807) is 24.3 Å². The van der Waals surface area contributed by atoms with Gasteiger partial charge in [-0.3, -0.25) is 0 Å². The van der Waals surface area contributed by atoms with Gasteiger partial charge in [0.05, 0.1) is 0 Å². The number of benzene rings is 4. The summed E-state index contributed by atoms with van der Waals surface area (Å²) in [5, 5.41) is 0. The highest BCUT2D eigenvalue weighted by Gasteiger charge is 2.12. The molecule has 0 aliphatic rings. The Kier molecular flexibility index (Phi) is 6.66. The van der Waals surface area contributed by atoms with Crippen molar-refractivity contribution >= 4 is 6.16 Å². The quantitative estimate of drug-likeness (QED) is 0.237. The van der Waals surface area contributed by atoms with E-state index in [1.807, 2.05) is 60.7 Å². The van der Waals surface area contributed by atoms with Crippen molar-refractivity contribution in [1.29, 1.82) is 0 Å². The van der Waals surface area contributed by atoms with Crippen LogP contribution in [0.2, 0.25) is 0 Å². The van der Waals surface area contributed by atoms with Crippen molar-refractivity contribution in [2.45, 2.75) is 25.7 Å². The van der Waals surface area contributed by atoms with Gasteiger partial charge < -0.3 is 9.47 Å². The first kappa shape index (κ1) is 21.4. The summed E-state index contributed by atoms with van der Waals surface area (Å²) in [7, 11) is 0. The standard InChI is InChI=1S/C29H26O3/c1-21(23-9-5-3-6-10-23)25-13-17-27(18-14-25)31-29(30)32-28-19-15-26(16-20-28)22(2)24-11-7-4-8-12-24/h3-22H,1-2H3/t21-,22-/m0/s1. The van der Waals surface area contributed by atoms with E-state index in [-0.39, 0.29) is 11.8 Å². The molecule has 0 spiro atoms. The van der Waals surface area contributed by atoms with E-state index in [1.165, 1.54) is 11.1 Å². The molecule has 160 valence electrons. The fraction of sp³-hybridized carbons (Fsp3) is 0.138. The number of hydrogen-bond donors (Lipinski definition) is 0. The molecule has 3 heteroatoms. The largest absolute Gasteiger partial charge is 0.519 e. The molecular weight excluding hydrogens is 396 g/mol. The van der Waals surface area contributed by atoms with Crippen LogP contribution in [-0.2, 0) is 0 Å². The molecule has 4 rings (SSSR count). The molecule has 0 bridgehead atoms. The van der Waals surface area contributed by atoms with Gasteiger partial charge >= 0.3 is 6.16 Å². The first-order valence-electron chi connectivity index (χ1n) is 10.8. The Morgan fingerprint density at radius 1 is 0.500 bits per heavy atom. The zero-order valence-electron chi connectivity index (χ0n) is 18.3. The Hall–Kier alpha value is -3.85. The van der Waals surface area contributed by atoms with Crippen molar-refractivity contribution < 1.29 is 14.3 Å². The number of carbonyl (C=O) groups excluding carboxylic acids is 1. The second kappa shape index (κ2) is 9.97. The highest BCUT2D eigenvalue weighted by Crippen LogP contribution is 2.27. The van der Waals surface area contributed by atoms with Crippen molar-refractivity contribution in [2.75, 3.05) is 0 Å². The summed E-state index contributed by atoms with van der Waals surface area (Å²) in [6.45, 7) is 4.31. The number of carbonyl (C=O) groups is 1. The number of hydrogen-bond acceptors (Lipinski definition) is 3. The maximum Gasteiger partial charge on any atom is 0.519 e. The summed E-state index contributed by atoms with van der Waals surface area (Å²) in [6, 6.07) is 35.7. The van der Waals surface area contributed by atoms with Crippen LogP contribution < -0.4 is 9.47 Å². The summed E-state index contributed by atoms with van der Waals surface area (Å²) in [6.07, 6.45) is -0.752. The second-order valence-electron chi connectivity index (χ2n) is 7.86. The lowest BCUT2D eigenvalue weighted by molar-refractivity contribution is 0.152. The minimum Gasteiger partial charge on any atom is -0.395 e. The van der Waals surface area contributed by atoms with E-state index in [2.05, 4.69) is 38.1 Å². The summed E-state index contributed by atoms with van der Waals surface area (Å²) in [4.78, 5) is 12.2. The highest BCUT2D eigenvalue weighted by atomic mass is 16.7.